The molecule has 1 fully saturated rings. The molecule has 2 heterocycles. The van der Waals surface area contributed by atoms with Crippen LogP contribution in [0.25, 0.3) is 11.0 Å². The highest BCUT2D eigenvalue weighted by molar-refractivity contribution is 8.00. The summed E-state index contributed by atoms with van der Waals surface area (Å²) in [5.74, 6) is 0.372. The molecule has 1 aliphatic rings. The van der Waals surface area contributed by atoms with Crippen molar-refractivity contribution in [3.8, 4) is 0 Å². The van der Waals surface area contributed by atoms with Gasteiger partial charge in [-0.25, -0.2) is 14.8 Å². The molecule has 11 heteroatoms. The van der Waals surface area contributed by atoms with Gasteiger partial charge in [0.2, 0.25) is 11.8 Å². The molecule has 0 radical (unpaired) electrons. The van der Waals surface area contributed by atoms with Gasteiger partial charge in [0.1, 0.15) is 16.2 Å². The van der Waals surface area contributed by atoms with E-state index in [2.05, 4.69) is 15.6 Å². The van der Waals surface area contributed by atoms with Crippen LogP contribution in [0, 0.1) is 0 Å². The zero-order chi connectivity index (χ0) is 25.1. The molecule has 0 bridgehead atoms. The minimum atomic E-state index is -0.477. The number of carbonyl (C=O) groups is 2. The van der Waals surface area contributed by atoms with Gasteiger partial charge in [0.15, 0.2) is 5.65 Å². The summed E-state index contributed by atoms with van der Waals surface area (Å²) in [6, 6.07) is 6.78. The first-order valence-electron chi connectivity index (χ1n) is 11.5. The molecule has 184 valence electrons. The predicted molar refractivity (Wildman–Crippen MR) is 136 cm³/mol. The predicted octanol–water partition coefficient (Wildman–Crippen LogP) is 2.76. The molecule has 0 atom stereocenters. The molecule has 0 saturated heterocycles. The largest absolute Gasteiger partial charge is 0.332 e. The SMILES string of the molecule is CC(=O)Nc1ccc(NC(=O)CSc2nc(C3CCCCC3)nc3c2c(=O)n(C)c(=O)n3C)cc1. The van der Waals surface area contributed by atoms with Gasteiger partial charge in [-0.15, -0.1) is 0 Å². The van der Waals surface area contributed by atoms with Crippen LogP contribution in [0.15, 0.2) is 38.9 Å². The Morgan fingerprint density at radius 1 is 0.971 bits per heavy atom. The van der Waals surface area contributed by atoms with Crippen LogP contribution >= 0.6 is 11.8 Å². The van der Waals surface area contributed by atoms with Crippen LogP contribution in [0.1, 0.15) is 50.8 Å². The van der Waals surface area contributed by atoms with Crippen molar-refractivity contribution in [3.05, 3.63) is 50.9 Å². The number of hydrogen-bond acceptors (Lipinski definition) is 7. The summed E-state index contributed by atoms with van der Waals surface area (Å²) in [6.45, 7) is 1.43. The van der Waals surface area contributed by atoms with Crippen molar-refractivity contribution >= 4 is 46.0 Å². The Morgan fingerprint density at radius 3 is 2.23 bits per heavy atom. The Morgan fingerprint density at radius 2 is 1.60 bits per heavy atom. The van der Waals surface area contributed by atoms with Crippen LogP contribution in [0.3, 0.4) is 0 Å². The first-order chi connectivity index (χ1) is 16.7. The van der Waals surface area contributed by atoms with Crippen LogP contribution in [0.5, 0.6) is 0 Å². The van der Waals surface area contributed by atoms with Crippen LogP contribution in [0.4, 0.5) is 11.4 Å². The van der Waals surface area contributed by atoms with Gasteiger partial charge in [-0.1, -0.05) is 31.0 Å². The van der Waals surface area contributed by atoms with Crippen LogP contribution in [0.2, 0.25) is 0 Å². The lowest BCUT2D eigenvalue weighted by Crippen LogP contribution is -2.38. The second kappa shape index (κ2) is 10.4. The fraction of sp³-hybridized carbons (Fsp3) is 0.417. The van der Waals surface area contributed by atoms with Crippen LogP contribution in [-0.4, -0.2) is 36.7 Å². The van der Waals surface area contributed by atoms with Gasteiger partial charge in [-0.2, -0.15) is 0 Å². The van der Waals surface area contributed by atoms with Gasteiger partial charge < -0.3 is 10.6 Å². The van der Waals surface area contributed by atoms with E-state index in [-0.39, 0.29) is 28.9 Å². The van der Waals surface area contributed by atoms with Gasteiger partial charge in [0, 0.05) is 38.3 Å². The zero-order valence-electron chi connectivity index (χ0n) is 20.0. The average Bonchev–Trinajstić information content (AvgIpc) is 2.85. The number of aromatic nitrogens is 4. The maximum Gasteiger partial charge on any atom is 0.332 e. The summed E-state index contributed by atoms with van der Waals surface area (Å²) >= 11 is 1.16. The third-order valence-electron chi connectivity index (χ3n) is 6.08. The van der Waals surface area contributed by atoms with E-state index in [1.54, 1.807) is 31.3 Å². The lowest BCUT2D eigenvalue weighted by molar-refractivity contribution is -0.114. The molecule has 0 spiro atoms. The fourth-order valence-electron chi connectivity index (χ4n) is 4.26. The van der Waals surface area contributed by atoms with Gasteiger partial charge >= 0.3 is 5.69 Å². The highest BCUT2D eigenvalue weighted by atomic mass is 32.2. The van der Waals surface area contributed by atoms with Crippen molar-refractivity contribution in [3.63, 3.8) is 0 Å². The zero-order valence-corrected chi connectivity index (χ0v) is 20.8. The van der Waals surface area contributed by atoms with Crippen molar-refractivity contribution in [2.75, 3.05) is 16.4 Å². The number of carbonyl (C=O) groups excluding carboxylic acids is 2. The number of amides is 2. The summed E-state index contributed by atoms with van der Waals surface area (Å²) in [5, 5.41) is 6.13. The molecule has 2 aromatic heterocycles. The van der Waals surface area contributed by atoms with E-state index >= 15 is 0 Å². The Bertz CT molecular complexity index is 1390. The Kier molecular flexibility index (Phi) is 7.34. The smallest absolute Gasteiger partial charge is 0.326 e. The van der Waals surface area contributed by atoms with E-state index in [1.807, 2.05) is 0 Å². The first-order valence-corrected chi connectivity index (χ1v) is 12.5. The molecule has 0 aliphatic heterocycles. The molecular weight excluding hydrogens is 468 g/mol. The normalized spacial score (nSPS) is 14.1. The second-order valence-electron chi connectivity index (χ2n) is 8.72. The topological polar surface area (TPSA) is 128 Å². The van der Waals surface area contributed by atoms with E-state index in [4.69, 9.17) is 4.98 Å². The third kappa shape index (κ3) is 5.45. The lowest BCUT2D eigenvalue weighted by Gasteiger charge is -2.21. The highest BCUT2D eigenvalue weighted by Crippen LogP contribution is 2.33. The molecule has 1 saturated carbocycles. The summed E-state index contributed by atoms with van der Waals surface area (Å²) in [5.41, 5.74) is 0.583. The minimum Gasteiger partial charge on any atom is -0.326 e. The molecule has 4 rings (SSSR count). The van der Waals surface area contributed by atoms with Crippen LogP contribution in [-0.2, 0) is 23.7 Å². The monoisotopic (exact) mass is 496 g/mol. The molecule has 1 aromatic carbocycles. The molecule has 10 nitrogen and oxygen atoms in total. The molecular formula is C24H28N6O4S. The summed E-state index contributed by atoms with van der Waals surface area (Å²) in [6.07, 6.45) is 5.28. The van der Waals surface area contributed by atoms with Crippen molar-refractivity contribution in [2.45, 2.75) is 50.0 Å². The van der Waals surface area contributed by atoms with Crippen molar-refractivity contribution in [2.24, 2.45) is 14.1 Å². The van der Waals surface area contributed by atoms with Gasteiger partial charge in [0.25, 0.3) is 5.56 Å². The van der Waals surface area contributed by atoms with E-state index < -0.39 is 11.2 Å². The Hall–Kier alpha value is -3.47. The summed E-state index contributed by atoms with van der Waals surface area (Å²) in [7, 11) is 3.01. The number of aryl methyl sites for hydroxylation is 1. The van der Waals surface area contributed by atoms with Gasteiger partial charge in [-0.05, 0) is 37.1 Å². The molecule has 3 aromatic rings. The quantitative estimate of drug-likeness (QED) is 0.397. The first kappa shape index (κ1) is 24.6. The third-order valence-corrected chi connectivity index (χ3v) is 7.06. The molecule has 0 unspecified atom stereocenters. The van der Waals surface area contributed by atoms with Crippen LogP contribution < -0.4 is 21.9 Å². The van der Waals surface area contributed by atoms with Gasteiger partial charge in [-0.3, -0.25) is 23.5 Å². The van der Waals surface area contributed by atoms with E-state index in [0.717, 1.165) is 42.0 Å². The number of hydrogen-bond donors (Lipinski definition) is 2. The summed E-state index contributed by atoms with van der Waals surface area (Å²) in [4.78, 5) is 58.7. The minimum absolute atomic E-state index is 0.0235. The number of thioether (sulfide) groups is 1. The Labute approximate surface area is 206 Å². The van der Waals surface area contributed by atoms with E-state index in [9.17, 15) is 19.2 Å². The van der Waals surface area contributed by atoms with Crippen molar-refractivity contribution in [1.82, 2.24) is 19.1 Å². The molecule has 2 N–H and O–H groups in total. The lowest BCUT2D eigenvalue weighted by atomic mass is 9.89. The number of fused-ring (bicyclic) bond motifs is 1. The second-order valence-corrected chi connectivity index (χ2v) is 9.69. The highest BCUT2D eigenvalue weighted by Gasteiger charge is 2.23. The van der Waals surface area contributed by atoms with E-state index in [1.165, 1.54) is 25.0 Å². The summed E-state index contributed by atoms with van der Waals surface area (Å²) < 4.78 is 2.40. The van der Waals surface area contributed by atoms with Gasteiger partial charge in [0.05, 0.1) is 5.75 Å². The maximum absolute atomic E-state index is 13.0. The standard InChI is InChI=1S/C24H28N6O4S/c1-14(31)25-16-9-11-17(12-10-16)26-18(32)13-35-22-19-21(29(2)24(34)30(3)23(19)33)27-20(28-22)15-7-5-4-6-8-15/h9-12,15H,4-8,13H2,1-3H3,(H,25,31)(H,26,32). The average molecular weight is 497 g/mol. The molecule has 2 amide bonds. The Balaban J connectivity index is 1.60. The van der Waals surface area contributed by atoms with Crippen molar-refractivity contribution in [1.29, 1.82) is 0 Å². The maximum atomic E-state index is 13.0. The number of nitrogens with one attached hydrogen (secondary N) is 2. The van der Waals surface area contributed by atoms with Crippen molar-refractivity contribution < 1.29 is 9.59 Å². The molecule has 1 aliphatic carbocycles. The number of anilines is 2. The molecule has 35 heavy (non-hydrogen) atoms. The number of rotatable bonds is 6. The van der Waals surface area contributed by atoms with E-state index in [0.29, 0.717) is 27.9 Å². The number of benzene rings is 1. The fourth-order valence-corrected chi connectivity index (χ4v) is 5.08. The number of nitrogens with zero attached hydrogens (tertiary/aromatic N) is 4.